The number of ether oxygens (including phenoxy) is 1. The third-order valence-electron chi connectivity index (χ3n) is 7.16. The predicted molar refractivity (Wildman–Crippen MR) is 128 cm³/mol. The minimum absolute atomic E-state index is 0.296. The van der Waals surface area contributed by atoms with Crippen molar-refractivity contribution in [3.63, 3.8) is 0 Å². The van der Waals surface area contributed by atoms with Crippen molar-refractivity contribution in [3.05, 3.63) is 54.1 Å². The van der Waals surface area contributed by atoms with Crippen molar-refractivity contribution in [2.24, 2.45) is 11.8 Å². The summed E-state index contributed by atoms with van der Waals surface area (Å²) in [5.41, 5.74) is 0.952. The van der Waals surface area contributed by atoms with E-state index in [4.69, 9.17) is 17.4 Å². The molecular formula is C27H34OS. The molecular weight excluding hydrogens is 372 g/mol. The Morgan fingerprint density at radius 1 is 0.966 bits per heavy atom. The van der Waals surface area contributed by atoms with Gasteiger partial charge in [-0.25, -0.2) is 0 Å². The van der Waals surface area contributed by atoms with Gasteiger partial charge >= 0.3 is 0 Å². The Labute approximate surface area is 181 Å². The van der Waals surface area contributed by atoms with Crippen LogP contribution < -0.4 is 0 Å². The van der Waals surface area contributed by atoms with E-state index in [1.807, 2.05) is 0 Å². The molecule has 1 aliphatic rings. The summed E-state index contributed by atoms with van der Waals surface area (Å²) in [4.78, 5) is 1.03. The molecule has 1 unspecified atom stereocenters. The van der Waals surface area contributed by atoms with Gasteiger partial charge in [0.1, 0.15) is 0 Å². The highest BCUT2D eigenvalue weighted by atomic mass is 32.1. The largest absolute Gasteiger partial charge is 0.368 e. The molecule has 0 amide bonds. The molecule has 1 nitrogen and oxygen atoms in total. The number of fused-ring (bicyclic) bond motifs is 3. The smallest absolute Gasteiger partial charge is 0.0879 e. The molecule has 154 valence electrons. The van der Waals surface area contributed by atoms with Gasteiger partial charge in [-0.05, 0) is 90.6 Å². The number of rotatable bonds is 5. The van der Waals surface area contributed by atoms with Gasteiger partial charge in [0, 0.05) is 4.90 Å². The Morgan fingerprint density at radius 2 is 1.69 bits per heavy atom. The Bertz CT molecular complexity index is 998. The molecule has 0 aromatic heterocycles. The minimum atomic E-state index is -0.296. The van der Waals surface area contributed by atoms with E-state index in [0.717, 1.165) is 16.7 Å². The molecule has 29 heavy (non-hydrogen) atoms. The second kappa shape index (κ2) is 8.32. The Morgan fingerprint density at radius 3 is 2.41 bits per heavy atom. The van der Waals surface area contributed by atoms with Crippen molar-refractivity contribution in [1.29, 1.82) is 0 Å². The second-order valence-corrected chi connectivity index (χ2v) is 9.91. The van der Waals surface area contributed by atoms with Crippen LogP contribution in [0.5, 0.6) is 0 Å². The molecule has 0 radical (unpaired) electrons. The number of benzene rings is 3. The molecule has 3 aromatic carbocycles. The maximum absolute atomic E-state index is 6.70. The lowest BCUT2D eigenvalue weighted by atomic mass is 9.78. The fourth-order valence-electron chi connectivity index (χ4n) is 5.05. The van der Waals surface area contributed by atoms with Crippen LogP contribution in [-0.2, 0) is 10.3 Å². The molecule has 0 spiro atoms. The summed E-state index contributed by atoms with van der Waals surface area (Å²) in [6, 6.07) is 17.5. The van der Waals surface area contributed by atoms with Gasteiger partial charge in [0.25, 0.3) is 0 Å². The van der Waals surface area contributed by atoms with Crippen LogP contribution in [0.3, 0.4) is 0 Å². The van der Waals surface area contributed by atoms with Gasteiger partial charge in [0.15, 0.2) is 0 Å². The van der Waals surface area contributed by atoms with Crippen molar-refractivity contribution in [2.75, 3.05) is 0 Å². The normalized spacial score (nSPS) is 21.6. The fraction of sp³-hybridized carbons (Fsp3) is 0.481. The highest BCUT2D eigenvalue weighted by Crippen LogP contribution is 2.38. The van der Waals surface area contributed by atoms with Crippen molar-refractivity contribution >= 4 is 34.2 Å². The number of thiol groups is 1. The monoisotopic (exact) mass is 406 g/mol. The third kappa shape index (κ3) is 4.20. The maximum atomic E-state index is 6.70. The number of hydrogen-bond donors (Lipinski definition) is 1. The summed E-state index contributed by atoms with van der Waals surface area (Å²) in [5.74, 6) is 1.72. The van der Waals surface area contributed by atoms with E-state index in [9.17, 15) is 0 Å². The topological polar surface area (TPSA) is 9.23 Å². The van der Waals surface area contributed by atoms with Crippen LogP contribution in [0.15, 0.2) is 53.4 Å². The first kappa shape index (κ1) is 20.8. The van der Waals surface area contributed by atoms with Crippen molar-refractivity contribution < 1.29 is 4.74 Å². The second-order valence-electron chi connectivity index (χ2n) is 9.43. The molecule has 1 atom stereocenters. The average Bonchev–Trinajstić information content (AvgIpc) is 2.73. The van der Waals surface area contributed by atoms with Gasteiger partial charge < -0.3 is 4.74 Å². The predicted octanol–water partition coefficient (Wildman–Crippen LogP) is 8.14. The summed E-state index contributed by atoms with van der Waals surface area (Å²) >= 11 is 4.74. The first-order valence-corrected chi connectivity index (χ1v) is 11.7. The molecule has 1 fully saturated rings. The minimum Gasteiger partial charge on any atom is -0.368 e. The average molecular weight is 407 g/mol. The van der Waals surface area contributed by atoms with Crippen molar-refractivity contribution in [1.82, 2.24) is 0 Å². The Balaban J connectivity index is 1.59. The zero-order chi connectivity index (χ0) is 20.6. The third-order valence-corrected chi connectivity index (χ3v) is 7.53. The van der Waals surface area contributed by atoms with Gasteiger partial charge in [-0.2, -0.15) is 0 Å². The van der Waals surface area contributed by atoms with Gasteiger partial charge in [-0.3, -0.25) is 0 Å². The summed E-state index contributed by atoms with van der Waals surface area (Å²) in [5, 5.41) is 5.00. The van der Waals surface area contributed by atoms with Crippen LogP contribution in [0.4, 0.5) is 0 Å². The maximum Gasteiger partial charge on any atom is 0.0879 e. The first-order chi connectivity index (χ1) is 13.9. The van der Waals surface area contributed by atoms with Crippen molar-refractivity contribution in [2.45, 2.75) is 76.4 Å². The van der Waals surface area contributed by atoms with E-state index in [0.29, 0.717) is 6.10 Å². The van der Waals surface area contributed by atoms with Crippen LogP contribution in [0.25, 0.3) is 21.5 Å². The van der Waals surface area contributed by atoms with Gasteiger partial charge in [-0.15, -0.1) is 12.6 Å². The SMILES string of the molecule is CCC(C)C1CCC(OC(C)(C)c2ccc3c(S)cc4ccccc4c3c2)CC1. The molecule has 0 saturated heterocycles. The molecule has 2 heteroatoms. The molecule has 1 aliphatic carbocycles. The lowest BCUT2D eigenvalue weighted by Crippen LogP contribution is -2.32. The lowest BCUT2D eigenvalue weighted by Gasteiger charge is -2.37. The summed E-state index contributed by atoms with van der Waals surface area (Å²) in [7, 11) is 0. The van der Waals surface area contributed by atoms with Crippen LogP contribution in [0, 0.1) is 11.8 Å². The Hall–Kier alpha value is -1.51. The summed E-state index contributed by atoms with van der Waals surface area (Å²) in [6.45, 7) is 9.17. The standard InChI is InChI=1S/C27H34OS/c1-5-18(2)19-10-13-22(14-11-19)28-27(3,4)21-12-15-24-25(17-21)23-9-7-6-8-20(23)16-26(24)29/h6-9,12,15-19,22,29H,5,10-11,13-14H2,1-4H3. The molecule has 0 heterocycles. The quantitative estimate of drug-likeness (QED) is 0.332. The van der Waals surface area contributed by atoms with E-state index in [2.05, 4.69) is 76.2 Å². The van der Waals surface area contributed by atoms with E-state index in [-0.39, 0.29) is 5.60 Å². The molecule has 4 rings (SSSR count). The van der Waals surface area contributed by atoms with E-state index in [1.165, 1.54) is 59.2 Å². The van der Waals surface area contributed by atoms with Crippen molar-refractivity contribution in [3.8, 4) is 0 Å². The van der Waals surface area contributed by atoms with Gasteiger partial charge in [-0.1, -0.05) is 56.7 Å². The zero-order valence-electron chi connectivity index (χ0n) is 18.2. The van der Waals surface area contributed by atoms with Crippen LogP contribution >= 0.6 is 12.6 Å². The van der Waals surface area contributed by atoms with Crippen LogP contribution in [0.1, 0.15) is 65.4 Å². The van der Waals surface area contributed by atoms with Gasteiger partial charge in [0.2, 0.25) is 0 Å². The van der Waals surface area contributed by atoms with Crippen LogP contribution in [-0.4, -0.2) is 6.10 Å². The van der Waals surface area contributed by atoms with Crippen LogP contribution in [0.2, 0.25) is 0 Å². The highest BCUT2D eigenvalue weighted by molar-refractivity contribution is 7.80. The lowest BCUT2D eigenvalue weighted by molar-refractivity contribution is -0.0954. The summed E-state index contributed by atoms with van der Waals surface area (Å²) in [6.07, 6.45) is 6.65. The summed E-state index contributed by atoms with van der Waals surface area (Å²) < 4.78 is 6.70. The molecule has 0 bridgehead atoms. The van der Waals surface area contributed by atoms with Gasteiger partial charge in [0.05, 0.1) is 11.7 Å². The first-order valence-electron chi connectivity index (χ1n) is 11.2. The highest BCUT2D eigenvalue weighted by Gasteiger charge is 2.30. The fourth-order valence-corrected chi connectivity index (χ4v) is 5.39. The van der Waals surface area contributed by atoms with E-state index in [1.54, 1.807) is 0 Å². The van der Waals surface area contributed by atoms with E-state index >= 15 is 0 Å². The molecule has 0 aliphatic heterocycles. The Kier molecular flexibility index (Phi) is 5.95. The molecule has 3 aromatic rings. The number of hydrogen-bond acceptors (Lipinski definition) is 2. The molecule has 1 saturated carbocycles. The van der Waals surface area contributed by atoms with E-state index < -0.39 is 0 Å². The zero-order valence-corrected chi connectivity index (χ0v) is 19.1. The molecule has 0 N–H and O–H groups in total.